The number of nitro benzene ring substituents is 1. The van der Waals surface area contributed by atoms with Crippen molar-refractivity contribution in [2.45, 2.75) is 12.7 Å². The van der Waals surface area contributed by atoms with Crippen molar-refractivity contribution in [3.05, 3.63) is 63.7 Å². The van der Waals surface area contributed by atoms with Gasteiger partial charge in [0.05, 0.1) is 10.5 Å². The van der Waals surface area contributed by atoms with E-state index < -0.39 is 28.1 Å². The molecule has 0 atom stereocenters. The van der Waals surface area contributed by atoms with Gasteiger partial charge in [-0.1, -0.05) is 12.1 Å². The number of benzene rings is 2. The second-order valence-corrected chi connectivity index (χ2v) is 5.37. The Kier molecular flexibility index (Phi) is 5.42. The number of aromatic hydroxyl groups is 1. The number of alkyl halides is 3. The van der Waals surface area contributed by atoms with E-state index in [-0.39, 0.29) is 17.3 Å². The number of nitrogens with one attached hydrogen (secondary N) is 2. The second kappa shape index (κ2) is 7.34. The highest BCUT2D eigenvalue weighted by atomic mass is 32.1. The van der Waals surface area contributed by atoms with Crippen LogP contribution < -0.4 is 10.6 Å². The Morgan fingerprint density at radius 1 is 1.20 bits per heavy atom. The van der Waals surface area contributed by atoms with Crippen molar-refractivity contribution in [1.82, 2.24) is 5.32 Å². The number of thiocarbonyl (C=S) groups is 1. The zero-order valence-electron chi connectivity index (χ0n) is 12.5. The monoisotopic (exact) mass is 371 g/mol. The summed E-state index contributed by atoms with van der Waals surface area (Å²) in [5, 5.41) is 25.7. The quantitative estimate of drug-likeness (QED) is 0.328. The molecule has 6 nitrogen and oxygen atoms in total. The summed E-state index contributed by atoms with van der Waals surface area (Å²) in [5.41, 5.74) is -0.354. The number of nitrogens with zero attached hydrogens (tertiary/aromatic N) is 1. The van der Waals surface area contributed by atoms with Crippen LogP contribution in [0.3, 0.4) is 0 Å². The number of halogens is 3. The van der Waals surface area contributed by atoms with Crippen molar-refractivity contribution in [3.8, 4) is 5.75 Å². The predicted molar refractivity (Wildman–Crippen MR) is 89.3 cm³/mol. The Labute approximate surface area is 145 Å². The van der Waals surface area contributed by atoms with E-state index in [1.165, 1.54) is 18.2 Å². The summed E-state index contributed by atoms with van der Waals surface area (Å²) in [5.74, 6) is -0.473. The van der Waals surface area contributed by atoms with Crippen LogP contribution in [-0.2, 0) is 12.7 Å². The lowest BCUT2D eigenvalue weighted by atomic mass is 10.1. The van der Waals surface area contributed by atoms with Crippen LogP contribution >= 0.6 is 12.2 Å². The third-order valence-electron chi connectivity index (χ3n) is 3.16. The van der Waals surface area contributed by atoms with Crippen molar-refractivity contribution in [1.29, 1.82) is 0 Å². The molecule has 132 valence electrons. The average Bonchev–Trinajstić information content (AvgIpc) is 2.54. The number of phenolic OH excluding ortho intramolecular Hbond substituents is 1. The third kappa shape index (κ3) is 5.05. The van der Waals surface area contributed by atoms with Gasteiger partial charge in [0, 0.05) is 18.3 Å². The summed E-state index contributed by atoms with van der Waals surface area (Å²) in [7, 11) is 0. The van der Waals surface area contributed by atoms with Crippen molar-refractivity contribution in [2.24, 2.45) is 0 Å². The van der Waals surface area contributed by atoms with Crippen LogP contribution in [0.5, 0.6) is 5.75 Å². The van der Waals surface area contributed by atoms with E-state index in [0.29, 0.717) is 5.56 Å². The lowest BCUT2D eigenvalue weighted by Crippen LogP contribution is -2.27. The van der Waals surface area contributed by atoms with E-state index in [9.17, 15) is 28.4 Å². The Morgan fingerprint density at radius 3 is 2.40 bits per heavy atom. The summed E-state index contributed by atoms with van der Waals surface area (Å²) in [6.45, 7) is 0.171. The lowest BCUT2D eigenvalue weighted by Gasteiger charge is -2.12. The Hall–Kier alpha value is -2.88. The normalized spacial score (nSPS) is 11.0. The SMILES string of the molecule is O=[N+]([O-])c1cc(NC(=S)NCc2ccc(C(F)(F)F)cc2)ccc1O. The first-order valence-electron chi connectivity index (χ1n) is 6.85. The van der Waals surface area contributed by atoms with Gasteiger partial charge in [-0.05, 0) is 42.0 Å². The van der Waals surface area contributed by atoms with Gasteiger partial charge in [0.2, 0.25) is 0 Å². The molecule has 2 aromatic carbocycles. The maximum Gasteiger partial charge on any atom is 0.416 e. The smallest absolute Gasteiger partial charge is 0.416 e. The van der Waals surface area contributed by atoms with Crippen LogP contribution in [0.2, 0.25) is 0 Å². The molecule has 0 heterocycles. The first-order chi connectivity index (χ1) is 11.7. The van der Waals surface area contributed by atoms with Crippen LogP contribution in [0.1, 0.15) is 11.1 Å². The van der Waals surface area contributed by atoms with Crippen LogP contribution in [0.25, 0.3) is 0 Å². The molecule has 3 N–H and O–H groups in total. The molecule has 0 aliphatic heterocycles. The average molecular weight is 371 g/mol. The first-order valence-corrected chi connectivity index (χ1v) is 7.26. The van der Waals surface area contributed by atoms with Gasteiger partial charge >= 0.3 is 11.9 Å². The summed E-state index contributed by atoms with van der Waals surface area (Å²) in [4.78, 5) is 10.0. The van der Waals surface area contributed by atoms with Crippen LogP contribution in [0.15, 0.2) is 42.5 Å². The first kappa shape index (κ1) is 18.5. The van der Waals surface area contributed by atoms with Crippen molar-refractivity contribution < 1.29 is 23.2 Å². The standard InChI is InChI=1S/C15H12F3N3O3S/c16-15(17,18)10-3-1-9(2-4-10)8-19-14(25)20-11-5-6-13(22)12(7-11)21(23)24/h1-7,22H,8H2,(H2,19,20,25). The largest absolute Gasteiger partial charge is 0.502 e. The molecule has 0 unspecified atom stereocenters. The molecule has 0 radical (unpaired) electrons. The molecule has 0 aromatic heterocycles. The minimum absolute atomic E-state index is 0.125. The van der Waals surface area contributed by atoms with Crippen molar-refractivity contribution >= 4 is 28.7 Å². The molecule has 0 aliphatic carbocycles. The molecule has 2 aromatic rings. The lowest BCUT2D eigenvalue weighted by molar-refractivity contribution is -0.385. The van der Waals surface area contributed by atoms with Gasteiger partial charge in [0.15, 0.2) is 10.9 Å². The molecule has 0 saturated carbocycles. The second-order valence-electron chi connectivity index (χ2n) is 4.96. The van der Waals surface area contributed by atoms with E-state index >= 15 is 0 Å². The number of anilines is 1. The zero-order valence-corrected chi connectivity index (χ0v) is 13.3. The van der Waals surface area contributed by atoms with Crippen LogP contribution in [-0.4, -0.2) is 15.1 Å². The van der Waals surface area contributed by atoms with Crippen molar-refractivity contribution in [2.75, 3.05) is 5.32 Å². The fraction of sp³-hybridized carbons (Fsp3) is 0.133. The Bertz CT molecular complexity index is 795. The van der Waals surface area contributed by atoms with Gasteiger partial charge in [0.1, 0.15) is 0 Å². The molecule has 0 fully saturated rings. The van der Waals surface area contributed by atoms with Gasteiger partial charge in [-0.15, -0.1) is 0 Å². The molecule has 0 aliphatic rings. The van der Waals surface area contributed by atoms with Gasteiger partial charge in [-0.3, -0.25) is 10.1 Å². The summed E-state index contributed by atoms with van der Waals surface area (Å²) in [6, 6.07) is 8.25. The molecule has 0 bridgehead atoms. The van der Waals surface area contributed by atoms with Gasteiger partial charge < -0.3 is 15.7 Å². The molecule has 0 saturated heterocycles. The molecule has 10 heteroatoms. The van der Waals surface area contributed by atoms with E-state index in [1.807, 2.05) is 0 Å². The molecule has 0 spiro atoms. The molecule has 25 heavy (non-hydrogen) atoms. The van der Waals surface area contributed by atoms with Crippen LogP contribution in [0.4, 0.5) is 24.5 Å². The number of hydrogen-bond donors (Lipinski definition) is 3. The highest BCUT2D eigenvalue weighted by molar-refractivity contribution is 7.80. The van der Waals surface area contributed by atoms with Gasteiger partial charge in [0.25, 0.3) is 0 Å². The summed E-state index contributed by atoms with van der Waals surface area (Å²) in [6.07, 6.45) is -4.39. The van der Waals surface area contributed by atoms with E-state index in [2.05, 4.69) is 10.6 Å². The van der Waals surface area contributed by atoms with E-state index in [1.54, 1.807) is 0 Å². The Balaban J connectivity index is 1.95. The number of phenols is 1. The van der Waals surface area contributed by atoms with Gasteiger partial charge in [-0.2, -0.15) is 13.2 Å². The topological polar surface area (TPSA) is 87.4 Å². The van der Waals surface area contributed by atoms with Gasteiger partial charge in [-0.25, -0.2) is 0 Å². The third-order valence-corrected chi connectivity index (χ3v) is 3.41. The van der Waals surface area contributed by atoms with Crippen LogP contribution in [0, 0.1) is 10.1 Å². The maximum absolute atomic E-state index is 12.5. The molecule has 0 amide bonds. The summed E-state index contributed by atoms with van der Waals surface area (Å²) < 4.78 is 37.4. The number of nitro groups is 1. The number of hydrogen-bond acceptors (Lipinski definition) is 4. The minimum atomic E-state index is -4.39. The number of rotatable bonds is 4. The van der Waals surface area contributed by atoms with E-state index in [4.69, 9.17) is 12.2 Å². The minimum Gasteiger partial charge on any atom is -0.502 e. The fourth-order valence-electron chi connectivity index (χ4n) is 1.92. The fourth-order valence-corrected chi connectivity index (χ4v) is 2.11. The van der Waals surface area contributed by atoms with E-state index in [0.717, 1.165) is 24.3 Å². The highest BCUT2D eigenvalue weighted by Crippen LogP contribution is 2.29. The highest BCUT2D eigenvalue weighted by Gasteiger charge is 2.29. The maximum atomic E-state index is 12.5. The zero-order chi connectivity index (χ0) is 18.6. The molecular weight excluding hydrogens is 359 g/mol. The molecular formula is C15H12F3N3O3S. The van der Waals surface area contributed by atoms with Crippen molar-refractivity contribution in [3.63, 3.8) is 0 Å². The Morgan fingerprint density at radius 2 is 1.84 bits per heavy atom. The predicted octanol–water partition coefficient (Wildman–Crippen LogP) is 3.81. The molecule has 2 rings (SSSR count). The summed E-state index contributed by atoms with van der Waals surface area (Å²) >= 11 is 5.03.